The van der Waals surface area contributed by atoms with Gasteiger partial charge in [-0.05, 0) is 25.1 Å². The van der Waals surface area contributed by atoms with Gasteiger partial charge in [-0.1, -0.05) is 0 Å². The molecule has 0 atom stereocenters. The highest BCUT2D eigenvalue weighted by molar-refractivity contribution is 7.80. The van der Waals surface area contributed by atoms with E-state index in [-0.39, 0.29) is 0 Å². The van der Waals surface area contributed by atoms with Crippen LogP contribution in [0.5, 0.6) is 0 Å². The van der Waals surface area contributed by atoms with Gasteiger partial charge in [-0.25, -0.2) is 4.98 Å². The summed E-state index contributed by atoms with van der Waals surface area (Å²) in [6.45, 7) is 0. The highest BCUT2D eigenvalue weighted by Crippen LogP contribution is 2.08. The molecule has 12 heavy (non-hydrogen) atoms. The number of hydrogen-bond acceptors (Lipinski definition) is 4. The molecule has 0 N–H and O–H groups in total. The molecule has 2 nitrogen and oxygen atoms in total. The summed E-state index contributed by atoms with van der Waals surface area (Å²) in [6, 6.07) is 0. The third kappa shape index (κ3) is 3.28. The zero-order valence-electron chi connectivity index (χ0n) is 6.95. The molecular formula is C8H11NOS2. The maximum atomic E-state index is 4.91. The topological polar surface area (TPSA) is 22.1 Å². The lowest BCUT2D eigenvalue weighted by atomic mass is 10.2. The Balaban J connectivity index is 2.15. The van der Waals surface area contributed by atoms with Gasteiger partial charge >= 0.3 is 0 Å². The van der Waals surface area contributed by atoms with Gasteiger partial charge in [0.05, 0.1) is 12.1 Å². The normalized spacial score (nSPS) is 9.75. The van der Waals surface area contributed by atoms with Crippen LogP contribution in [-0.2, 0) is 11.2 Å². The lowest BCUT2D eigenvalue weighted by molar-refractivity contribution is 0.400. The van der Waals surface area contributed by atoms with Crippen molar-refractivity contribution in [2.24, 2.45) is 0 Å². The molecule has 0 fully saturated rings. The molecule has 1 rings (SSSR count). The lowest BCUT2D eigenvalue weighted by Gasteiger charge is -1.99. The van der Waals surface area contributed by atoms with Crippen LogP contribution in [-0.4, -0.2) is 17.1 Å². The lowest BCUT2D eigenvalue weighted by Crippen LogP contribution is -1.97. The van der Waals surface area contributed by atoms with Crippen LogP contribution in [0.4, 0.5) is 0 Å². The van der Waals surface area contributed by atoms with Crippen molar-refractivity contribution in [3.05, 3.63) is 16.6 Å². The van der Waals surface area contributed by atoms with Gasteiger partial charge in [0.25, 0.3) is 0 Å². The number of thiocarbonyl (C=S) groups is 1. The molecule has 0 aliphatic carbocycles. The molecule has 0 saturated heterocycles. The molecule has 0 unspecified atom stereocenters. The number of nitrogens with zero attached hydrogens (tertiary/aromatic N) is 1. The van der Waals surface area contributed by atoms with Crippen molar-refractivity contribution in [1.82, 2.24) is 4.98 Å². The summed E-state index contributed by atoms with van der Waals surface area (Å²) in [6.07, 6.45) is 4.71. The average Bonchev–Trinajstić information content (AvgIpc) is 2.57. The zero-order valence-corrected chi connectivity index (χ0v) is 8.58. The van der Waals surface area contributed by atoms with E-state index in [1.807, 2.05) is 11.6 Å². The average molecular weight is 201 g/mol. The Morgan fingerprint density at radius 3 is 3.17 bits per heavy atom. The van der Waals surface area contributed by atoms with Gasteiger partial charge in [-0.15, -0.1) is 11.3 Å². The Morgan fingerprint density at radius 2 is 2.58 bits per heavy atom. The summed E-state index contributed by atoms with van der Waals surface area (Å²) < 4.78 is 4.88. The largest absolute Gasteiger partial charge is 0.490 e. The Labute approximate surface area is 81.6 Å². The predicted octanol–water partition coefficient (Wildman–Crippen LogP) is 2.44. The van der Waals surface area contributed by atoms with E-state index in [1.54, 1.807) is 18.4 Å². The van der Waals surface area contributed by atoms with E-state index >= 15 is 0 Å². The zero-order chi connectivity index (χ0) is 8.81. The number of aromatic nitrogens is 1. The van der Waals surface area contributed by atoms with Crippen LogP contribution in [0.25, 0.3) is 0 Å². The number of aryl methyl sites for hydroxylation is 1. The van der Waals surface area contributed by atoms with E-state index in [0.717, 1.165) is 19.3 Å². The molecule has 66 valence electrons. The first kappa shape index (κ1) is 9.61. The maximum absolute atomic E-state index is 4.91. The maximum Gasteiger partial charge on any atom is 0.159 e. The van der Waals surface area contributed by atoms with Gasteiger partial charge < -0.3 is 4.74 Å². The third-order valence-electron chi connectivity index (χ3n) is 1.48. The minimum Gasteiger partial charge on any atom is -0.490 e. The van der Waals surface area contributed by atoms with Gasteiger partial charge in [0, 0.05) is 18.0 Å². The fourth-order valence-electron chi connectivity index (χ4n) is 0.862. The van der Waals surface area contributed by atoms with Gasteiger partial charge in [0.15, 0.2) is 5.05 Å². The summed E-state index contributed by atoms with van der Waals surface area (Å²) in [5, 5.41) is 3.85. The molecule has 0 spiro atoms. The molecule has 0 saturated carbocycles. The number of thiazole rings is 1. The Hall–Kier alpha value is -0.480. The number of rotatable bonds is 4. The van der Waals surface area contributed by atoms with Crippen LogP contribution >= 0.6 is 23.6 Å². The second kappa shape index (κ2) is 5.22. The molecule has 1 heterocycles. The van der Waals surface area contributed by atoms with Crippen molar-refractivity contribution in [2.45, 2.75) is 19.3 Å². The molecule has 0 radical (unpaired) electrons. The molecule has 0 aromatic carbocycles. The number of hydrogen-bond donors (Lipinski definition) is 0. The minimum atomic E-state index is 0.687. The summed E-state index contributed by atoms with van der Waals surface area (Å²) in [5.41, 5.74) is 0. The van der Waals surface area contributed by atoms with Crippen LogP contribution in [0.3, 0.4) is 0 Å². The van der Waals surface area contributed by atoms with Crippen LogP contribution in [0.15, 0.2) is 11.6 Å². The van der Waals surface area contributed by atoms with E-state index in [2.05, 4.69) is 4.98 Å². The van der Waals surface area contributed by atoms with Crippen molar-refractivity contribution in [3.63, 3.8) is 0 Å². The van der Waals surface area contributed by atoms with Gasteiger partial charge in [-0.2, -0.15) is 0 Å². The quantitative estimate of drug-likeness (QED) is 0.699. The first-order chi connectivity index (χ1) is 5.83. The standard InChI is InChI=1S/C8H11NOS2/c1-10-8(11)4-2-3-7-9-5-6-12-7/h5-6H,2-4H2,1H3. The second-order valence-corrected chi connectivity index (χ2v) is 3.79. The van der Waals surface area contributed by atoms with Crippen molar-refractivity contribution in [1.29, 1.82) is 0 Å². The van der Waals surface area contributed by atoms with Crippen molar-refractivity contribution in [3.8, 4) is 0 Å². The fourth-order valence-corrected chi connectivity index (χ4v) is 1.67. The fraction of sp³-hybridized carbons (Fsp3) is 0.500. The predicted molar refractivity (Wildman–Crippen MR) is 54.7 cm³/mol. The van der Waals surface area contributed by atoms with Crippen LogP contribution in [0.2, 0.25) is 0 Å². The van der Waals surface area contributed by atoms with Gasteiger partial charge in [0.1, 0.15) is 0 Å². The first-order valence-electron chi connectivity index (χ1n) is 3.78. The van der Waals surface area contributed by atoms with Gasteiger partial charge in [0.2, 0.25) is 0 Å². The molecule has 0 aliphatic rings. The van der Waals surface area contributed by atoms with E-state index in [0.29, 0.717) is 5.05 Å². The van der Waals surface area contributed by atoms with Crippen molar-refractivity contribution >= 4 is 28.6 Å². The highest BCUT2D eigenvalue weighted by Gasteiger charge is 1.98. The third-order valence-corrected chi connectivity index (χ3v) is 2.69. The molecule has 4 heteroatoms. The molecular weight excluding hydrogens is 190 g/mol. The number of ether oxygens (including phenoxy) is 1. The van der Waals surface area contributed by atoms with Crippen LogP contribution < -0.4 is 0 Å². The molecule has 1 aromatic heterocycles. The second-order valence-electron chi connectivity index (χ2n) is 2.36. The highest BCUT2D eigenvalue weighted by atomic mass is 32.1. The first-order valence-corrected chi connectivity index (χ1v) is 5.07. The Kier molecular flexibility index (Phi) is 4.18. The van der Waals surface area contributed by atoms with E-state index in [9.17, 15) is 0 Å². The monoisotopic (exact) mass is 201 g/mol. The van der Waals surface area contributed by atoms with Crippen LogP contribution in [0, 0.1) is 0 Å². The SMILES string of the molecule is COC(=S)CCCc1nccs1. The Morgan fingerprint density at radius 1 is 1.75 bits per heavy atom. The summed E-state index contributed by atoms with van der Waals surface area (Å²) in [7, 11) is 1.62. The van der Waals surface area contributed by atoms with E-state index < -0.39 is 0 Å². The van der Waals surface area contributed by atoms with Crippen molar-refractivity contribution in [2.75, 3.05) is 7.11 Å². The van der Waals surface area contributed by atoms with Crippen LogP contribution in [0.1, 0.15) is 17.8 Å². The smallest absolute Gasteiger partial charge is 0.159 e. The molecule has 0 aliphatic heterocycles. The molecule has 0 amide bonds. The number of methoxy groups -OCH3 is 1. The Bertz CT molecular complexity index is 233. The van der Waals surface area contributed by atoms with E-state index in [1.165, 1.54) is 5.01 Å². The molecule has 1 aromatic rings. The summed E-state index contributed by atoms with van der Waals surface area (Å²) in [5.74, 6) is 0. The summed E-state index contributed by atoms with van der Waals surface area (Å²) in [4.78, 5) is 4.17. The van der Waals surface area contributed by atoms with Crippen molar-refractivity contribution < 1.29 is 4.74 Å². The summed E-state index contributed by atoms with van der Waals surface area (Å²) >= 11 is 6.60. The molecule has 0 bridgehead atoms. The van der Waals surface area contributed by atoms with E-state index in [4.69, 9.17) is 17.0 Å². The van der Waals surface area contributed by atoms with Gasteiger partial charge in [-0.3, -0.25) is 0 Å². The minimum absolute atomic E-state index is 0.687.